The number of carbonyl (C=O) groups is 1. The smallest absolute Gasteiger partial charge is 0.352 e. The summed E-state index contributed by atoms with van der Waals surface area (Å²) in [5.74, 6) is -0.506. The molecule has 11 nitrogen and oxygen atoms in total. The Labute approximate surface area is 307 Å². The zero-order valence-corrected chi connectivity index (χ0v) is 31.7. The maximum absolute atomic E-state index is 14.3. The number of fused-ring (bicyclic) bond motifs is 6. The number of benzene rings is 2. The van der Waals surface area contributed by atoms with Gasteiger partial charge in [-0.3, -0.25) is 4.68 Å². The molecule has 2 atom stereocenters. The van der Waals surface area contributed by atoms with Gasteiger partial charge in [-0.1, -0.05) is 17.7 Å². The summed E-state index contributed by atoms with van der Waals surface area (Å²) in [5.41, 5.74) is 3.78. The highest BCUT2D eigenvalue weighted by molar-refractivity contribution is 7.98. The van der Waals surface area contributed by atoms with Crippen molar-refractivity contribution in [1.82, 2.24) is 24.0 Å². The average molecular weight is 757 g/mol. The topological polar surface area (TPSA) is 121 Å². The quantitative estimate of drug-likeness (QED) is 0.321. The van der Waals surface area contributed by atoms with Crippen LogP contribution in [0.15, 0.2) is 80.4 Å². The SMILES string of the molecule is CCN(C)/N=C1\CC2=C(Cl)C=CC3C(=C(C(=O)O)N(C)[C@H]23)CCCOc2cc(cc3cc(F)ccc23)SCc2cc(nn2C)CN(S(C)(=O)=O)C1. The van der Waals surface area contributed by atoms with Crippen LogP contribution in [0.1, 0.15) is 37.6 Å². The van der Waals surface area contributed by atoms with E-state index in [9.17, 15) is 22.7 Å². The lowest BCUT2D eigenvalue weighted by Gasteiger charge is -2.33. The molecule has 8 bridgehead atoms. The summed E-state index contributed by atoms with van der Waals surface area (Å²) in [6.07, 6.45) is 6.17. The number of sulfonamides is 1. The fourth-order valence-electron chi connectivity index (χ4n) is 7.02. The minimum absolute atomic E-state index is 0.0118. The van der Waals surface area contributed by atoms with Crippen molar-refractivity contribution in [3.63, 3.8) is 0 Å². The second-order valence-electron chi connectivity index (χ2n) is 13.1. The van der Waals surface area contributed by atoms with Gasteiger partial charge in [0.2, 0.25) is 10.0 Å². The largest absolute Gasteiger partial charge is 0.493 e. The van der Waals surface area contributed by atoms with E-state index >= 15 is 0 Å². The van der Waals surface area contributed by atoms with Gasteiger partial charge in [-0.2, -0.15) is 14.5 Å². The molecule has 0 saturated heterocycles. The molecule has 51 heavy (non-hydrogen) atoms. The molecule has 2 aromatic carbocycles. The fourth-order valence-corrected chi connectivity index (χ4v) is 9.01. The zero-order chi connectivity index (χ0) is 36.6. The molecule has 1 N–H and O–H groups in total. The van der Waals surface area contributed by atoms with Crippen molar-refractivity contribution in [3.8, 4) is 5.75 Å². The Balaban J connectivity index is 1.44. The highest BCUT2D eigenvalue weighted by atomic mass is 35.5. The number of aliphatic carboxylic acids is 1. The van der Waals surface area contributed by atoms with Gasteiger partial charge in [-0.25, -0.2) is 17.6 Å². The van der Waals surface area contributed by atoms with Gasteiger partial charge in [0.25, 0.3) is 0 Å². The number of halogens is 2. The summed E-state index contributed by atoms with van der Waals surface area (Å²) < 4.78 is 50.3. The van der Waals surface area contributed by atoms with Crippen LogP contribution in [0.2, 0.25) is 0 Å². The average Bonchev–Trinajstić information content (AvgIpc) is 3.56. The number of aryl methyl sites for hydroxylation is 1. The molecule has 1 aromatic heterocycles. The Hall–Kier alpha value is -3.85. The highest BCUT2D eigenvalue weighted by Gasteiger charge is 2.44. The van der Waals surface area contributed by atoms with E-state index in [1.165, 1.54) is 22.7 Å². The van der Waals surface area contributed by atoms with Gasteiger partial charge in [0.05, 0.1) is 43.4 Å². The van der Waals surface area contributed by atoms with Gasteiger partial charge in [0, 0.05) is 66.8 Å². The predicted octanol–water partition coefficient (Wildman–Crippen LogP) is 5.97. The molecule has 6 rings (SSSR count). The summed E-state index contributed by atoms with van der Waals surface area (Å²) in [6, 6.07) is 9.96. The van der Waals surface area contributed by atoms with E-state index in [1.807, 2.05) is 51.4 Å². The maximum Gasteiger partial charge on any atom is 0.352 e. The molecule has 2 aliphatic heterocycles. The van der Waals surface area contributed by atoms with Gasteiger partial charge in [0.15, 0.2) is 0 Å². The van der Waals surface area contributed by atoms with Gasteiger partial charge >= 0.3 is 5.97 Å². The number of thioether (sulfide) groups is 1. The molecule has 1 aliphatic carbocycles. The van der Waals surface area contributed by atoms with E-state index in [4.69, 9.17) is 21.4 Å². The zero-order valence-electron chi connectivity index (χ0n) is 29.3. The molecule has 3 aliphatic rings. The van der Waals surface area contributed by atoms with Crippen LogP contribution in [0.5, 0.6) is 5.75 Å². The molecule has 0 fully saturated rings. The Morgan fingerprint density at radius 2 is 1.98 bits per heavy atom. The van der Waals surface area contributed by atoms with Crippen molar-refractivity contribution in [3.05, 3.63) is 87.6 Å². The molecule has 0 saturated carbocycles. The van der Waals surface area contributed by atoms with Crippen molar-refractivity contribution in [2.45, 2.75) is 49.4 Å². The number of nitrogens with zero attached hydrogens (tertiary/aromatic N) is 6. The number of ether oxygens (including phenoxy) is 1. The first-order valence-corrected chi connectivity index (χ1v) is 19.9. The van der Waals surface area contributed by atoms with Crippen LogP contribution in [0.4, 0.5) is 4.39 Å². The lowest BCUT2D eigenvalue weighted by Crippen LogP contribution is -2.39. The number of hydrazone groups is 1. The van der Waals surface area contributed by atoms with Crippen LogP contribution in [-0.4, -0.2) is 95.3 Å². The first kappa shape index (κ1) is 36.9. The summed E-state index contributed by atoms with van der Waals surface area (Å²) in [7, 11) is 1.68. The third kappa shape index (κ3) is 7.98. The van der Waals surface area contributed by atoms with Crippen LogP contribution in [0.3, 0.4) is 0 Å². The number of likely N-dealkylation sites (N-methyl/N-ethyl adjacent to an activating group) is 1. The molecule has 0 spiro atoms. The summed E-state index contributed by atoms with van der Waals surface area (Å²) >= 11 is 8.44. The molecular formula is C36H42ClFN6O5S2. The van der Waals surface area contributed by atoms with Crippen molar-refractivity contribution < 1.29 is 27.4 Å². The minimum Gasteiger partial charge on any atom is -0.493 e. The highest BCUT2D eigenvalue weighted by Crippen LogP contribution is 2.45. The van der Waals surface area contributed by atoms with E-state index < -0.39 is 22.0 Å². The molecule has 1 unspecified atom stereocenters. The van der Waals surface area contributed by atoms with E-state index in [2.05, 4.69) is 5.10 Å². The Kier molecular flexibility index (Phi) is 10.9. The van der Waals surface area contributed by atoms with Crippen molar-refractivity contribution in [2.75, 3.05) is 40.0 Å². The molecule has 3 heterocycles. The number of hydrogen-bond donors (Lipinski definition) is 1. The fraction of sp³-hybridized carbons (Fsp3) is 0.417. The van der Waals surface area contributed by atoms with Gasteiger partial charge in [-0.05, 0) is 78.8 Å². The van der Waals surface area contributed by atoms with Crippen LogP contribution >= 0.6 is 23.4 Å². The Morgan fingerprint density at radius 3 is 2.71 bits per heavy atom. The number of rotatable bonds is 4. The van der Waals surface area contributed by atoms with Crippen molar-refractivity contribution >= 4 is 55.8 Å². The lowest BCUT2D eigenvalue weighted by molar-refractivity contribution is -0.134. The molecule has 272 valence electrons. The number of aromatic nitrogens is 2. The van der Waals surface area contributed by atoms with E-state index in [1.54, 1.807) is 39.5 Å². The number of carboxylic acids is 1. The summed E-state index contributed by atoms with van der Waals surface area (Å²) in [4.78, 5) is 15.4. The minimum atomic E-state index is -3.72. The molecule has 0 amide bonds. The van der Waals surface area contributed by atoms with E-state index in [-0.39, 0.29) is 36.9 Å². The van der Waals surface area contributed by atoms with Crippen molar-refractivity contribution in [1.29, 1.82) is 0 Å². The first-order chi connectivity index (χ1) is 24.2. The summed E-state index contributed by atoms with van der Waals surface area (Å²) in [5, 5.41) is 23.6. The van der Waals surface area contributed by atoms with Gasteiger partial charge in [-0.15, -0.1) is 11.8 Å². The van der Waals surface area contributed by atoms with Gasteiger partial charge in [0.1, 0.15) is 17.3 Å². The molecular weight excluding hydrogens is 715 g/mol. The predicted molar refractivity (Wildman–Crippen MR) is 199 cm³/mol. The Bertz CT molecular complexity index is 2100. The van der Waals surface area contributed by atoms with E-state index in [0.717, 1.165) is 27.1 Å². The van der Waals surface area contributed by atoms with Crippen LogP contribution in [0, 0.1) is 11.7 Å². The normalized spacial score (nSPS) is 21.6. The second-order valence-corrected chi connectivity index (χ2v) is 16.6. The van der Waals surface area contributed by atoms with Crippen LogP contribution in [0.25, 0.3) is 10.8 Å². The molecule has 3 aromatic rings. The van der Waals surface area contributed by atoms with Crippen LogP contribution < -0.4 is 4.74 Å². The first-order valence-electron chi connectivity index (χ1n) is 16.7. The third-order valence-corrected chi connectivity index (χ3v) is 12.1. The third-order valence-electron chi connectivity index (χ3n) is 9.58. The maximum atomic E-state index is 14.3. The van der Waals surface area contributed by atoms with Gasteiger partial charge < -0.3 is 19.8 Å². The molecule has 15 heteroatoms. The van der Waals surface area contributed by atoms with Crippen LogP contribution in [-0.2, 0) is 34.2 Å². The standard InChI is InChI=1S/C36H42ClFN6O5S2/c1-6-41(2)39-25-17-31-32(37)12-11-30-29(35(36(45)46)42(3)34(30)31)8-7-13-49-33-18-27(15-22-14-23(38)9-10-28(22)33)50-21-26-16-24(40-43(26)4)19-44(20-25)51(5,47)48/h9-12,14-16,18,30,34H,6-8,13,17,19-21H2,1-5H3,(H,45,46)/b39-25+/t30?,34-/m0/s1. The molecule has 0 radical (unpaired) electrons. The summed E-state index contributed by atoms with van der Waals surface area (Å²) in [6.45, 7) is 2.87. The second kappa shape index (κ2) is 15.0. The van der Waals surface area contributed by atoms with Crippen molar-refractivity contribution in [2.24, 2.45) is 18.1 Å². The Morgan fingerprint density at radius 1 is 1.20 bits per heavy atom. The lowest BCUT2D eigenvalue weighted by atomic mass is 9.82. The number of allylic oxidation sites excluding steroid dienone is 2. The number of hydrogen-bond acceptors (Lipinski definition) is 9. The number of carboxylic acid groups (broad SMARTS) is 1. The monoisotopic (exact) mass is 756 g/mol. The van der Waals surface area contributed by atoms with E-state index in [0.29, 0.717) is 59.3 Å².